The number of fused-ring (bicyclic) bond motifs is 1. The van der Waals surface area contributed by atoms with E-state index in [1.807, 2.05) is 58.0 Å². The second-order valence-corrected chi connectivity index (χ2v) is 29.7. The number of thioether (sulfide) groups is 1. The molecule has 0 saturated carbocycles. The van der Waals surface area contributed by atoms with Crippen LogP contribution in [0.1, 0.15) is 139 Å². The normalized spacial score (nSPS) is 19.8. The number of urea groups is 1. The van der Waals surface area contributed by atoms with Gasteiger partial charge in [-0.3, -0.25) is 19.2 Å². The van der Waals surface area contributed by atoms with Gasteiger partial charge in [0, 0.05) is 68.8 Å². The van der Waals surface area contributed by atoms with Crippen molar-refractivity contribution in [3.63, 3.8) is 0 Å². The molecule has 6 amide bonds. The van der Waals surface area contributed by atoms with E-state index in [9.17, 15) is 24.0 Å². The van der Waals surface area contributed by atoms with E-state index < -0.39 is 0 Å². The highest BCUT2D eigenvalue weighted by Gasteiger charge is 2.42. The van der Waals surface area contributed by atoms with Crippen molar-refractivity contribution in [3.8, 4) is 0 Å². The number of anilines is 2. The number of benzene rings is 2. The van der Waals surface area contributed by atoms with E-state index in [0.29, 0.717) is 217 Å². The number of hydrogen-bond donors (Lipinski definition) is 5. The van der Waals surface area contributed by atoms with Gasteiger partial charge in [-0.1, -0.05) is 12.5 Å². The number of piperidine rings is 2. The fourth-order valence-corrected chi connectivity index (χ4v) is 16.2. The molecule has 0 radical (unpaired) electrons. The first-order valence-electron chi connectivity index (χ1n) is 39.6. The van der Waals surface area contributed by atoms with Crippen LogP contribution in [0.4, 0.5) is 16.2 Å². The molecule has 7 aliphatic rings. The Balaban J connectivity index is 0.557. The number of ether oxygens (including phenoxy) is 11. The van der Waals surface area contributed by atoms with E-state index >= 15 is 0 Å². The van der Waals surface area contributed by atoms with Gasteiger partial charge in [-0.15, -0.1) is 0 Å². The minimum Gasteiger partial charge on any atom is -0.377 e. The molecule has 7 heterocycles. The van der Waals surface area contributed by atoms with Gasteiger partial charge in [0.05, 0.1) is 180 Å². The zero-order valence-corrected chi connectivity index (χ0v) is 63.2. The molecule has 0 unspecified atom stereocenters. The van der Waals surface area contributed by atoms with Gasteiger partial charge in [-0.05, 0) is 196 Å². The molecular weight excluding hydrogens is 1350 g/mol. The summed E-state index contributed by atoms with van der Waals surface area (Å²) in [6.45, 7) is 23.5. The fraction of sp³-hybridized carbons (Fsp3) is 0.779. The first kappa shape index (κ1) is 83.2. The highest BCUT2D eigenvalue weighted by molar-refractivity contribution is 8.00. The molecule has 0 spiro atoms. The van der Waals surface area contributed by atoms with Crippen molar-refractivity contribution in [1.29, 1.82) is 0 Å². The molecule has 7 saturated heterocycles. The Hall–Kier alpha value is -4.82. The van der Waals surface area contributed by atoms with E-state index in [1.54, 1.807) is 0 Å². The minimum atomic E-state index is -0.258. The Morgan fingerprint density at radius 1 is 0.442 bits per heavy atom. The summed E-state index contributed by atoms with van der Waals surface area (Å²) in [5, 5.41) is 16.0. The lowest BCUT2D eigenvalue weighted by molar-refractivity contribution is -0.121. The Kier molecular flexibility index (Phi) is 40.0. The number of likely N-dealkylation sites (tertiary alicyclic amines) is 5. The Bertz CT molecular complexity index is 2750. The molecule has 7 fully saturated rings. The highest BCUT2D eigenvalue weighted by Crippen LogP contribution is 2.34. The first-order chi connectivity index (χ1) is 51.2. The molecular formula is C77H126N10O16S. The Morgan fingerprint density at radius 2 is 0.865 bits per heavy atom. The molecule has 0 aromatic heterocycles. The van der Waals surface area contributed by atoms with Crippen LogP contribution >= 0.6 is 11.8 Å². The zero-order valence-electron chi connectivity index (χ0n) is 62.4. The third-order valence-electron chi connectivity index (χ3n) is 20.8. The van der Waals surface area contributed by atoms with Crippen molar-refractivity contribution in [2.24, 2.45) is 11.8 Å². The summed E-state index contributed by atoms with van der Waals surface area (Å²) < 4.78 is 61.8. The summed E-state index contributed by atoms with van der Waals surface area (Å²) >= 11 is 1.90. The van der Waals surface area contributed by atoms with Crippen LogP contribution in [0.3, 0.4) is 0 Å². The van der Waals surface area contributed by atoms with Gasteiger partial charge in [-0.25, -0.2) is 4.79 Å². The average molecular weight is 1480 g/mol. The van der Waals surface area contributed by atoms with Gasteiger partial charge in [-0.2, -0.15) is 11.8 Å². The van der Waals surface area contributed by atoms with E-state index in [0.717, 1.165) is 108 Å². The van der Waals surface area contributed by atoms with Crippen molar-refractivity contribution in [2.45, 2.75) is 126 Å². The summed E-state index contributed by atoms with van der Waals surface area (Å²) in [6.07, 6.45) is 18.0. The molecule has 7 aliphatic heterocycles. The van der Waals surface area contributed by atoms with E-state index in [-0.39, 0.29) is 48.3 Å². The summed E-state index contributed by atoms with van der Waals surface area (Å²) in [4.78, 5) is 78.6. The third kappa shape index (κ3) is 31.4. The lowest BCUT2D eigenvalue weighted by Crippen LogP contribution is -2.40. The van der Waals surface area contributed by atoms with Crippen molar-refractivity contribution in [1.82, 2.24) is 45.8 Å². The predicted molar refractivity (Wildman–Crippen MR) is 402 cm³/mol. The minimum absolute atomic E-state index is 0.0215. The second kappa shape index (κ2) is 50.0. The smallest absolute Gasteiger partial charge is 0.315 e. The van der Waals surface area contributed by atoms with Gasteiger partial charge in [0.15, 0.2) is 0 Å². The number of rotatable bonds is 55. The fourth-order valence-electron chi connectivity index (χ4n) is 14.7. The van der Waals surface area contributed by atoms with Crippen LogP contribution in [0.2, 0.25) is 0 Å². The van der Waals surface area contributed by atoms with Gasteiger partial charge < -0.3 is 103 Å². The quantitative estimate of drug-likeness (QED) is 0.0350. The maximum atomic E-state index is 14.7. The average Bonchev–Trinajstić information content (AvgIpc) is 0.969. The van der Waals surface area contributed by atoms with Gasteiger partial charge in [0.2, 0.25) is 5.91 Å². The standard InChI is InChI=1S/C77H126N10O16S/c88-72(10-2-1-9-71-73-70(61-104-71)81-77(92)82-73)78-22-37-93-39-41-95-43-45-97-47-49-99-51-53-101-55-57-103-58-56-102-54-52-100-50-48-98-46-44-96-42-40-94-38-23-79-74(89)66-13-11-64(17-32-85-28-7-8-29-85)59-68(66)80-69-60-65(75(90)86-33-18-62(19-34-86)15-30-83-24-3-4-25-83)12-14-67(69)76(91)87-35-20-63(21-36-87)16-31-84-26-5-6-27-84/h11-14,59-60,62-63,70-71,73,80H,1-10,15-58,61H2,(H,78,88)(H,79,89)(H2,81,82,92)/t70-,71-,73-/m0/s1. The molecule has 0 bridgehead atoms. The number of carbonyl (C=O) groups excluding carboxylic acids is 5. The van der Waals surface area contributed by atoms with Gasteiger partial charge >= 0.3 is 6.03 Å². The first-order valence-corrected chi connectivity index (χ1v) is 40.7. The van der Waals surface area contributed by atoms with Crippen molar-refractivity contribution in [2.75, 3.05) is 255 Å². The second-order valence-electron chi connectivity index (χ2n) is 28.4. The largest absolute Gasteiger partial charge is 0.377 e. The number of nitrogens with zero attached hydrogens (tertiary/aromatic N) is 5. The van der Waals surface area contributed by atoms with Crippen LogP contribution in [-0.4, -0.2) is 321 Å². The van der Waals surface area contributed by atoms with Crippen LogP contribution in [-0.2, 0) is 63.3 Å². The van der Waals surface area contributed by atoms with Crippen LogP contribution in [0.15, 0.2) is 36.4 Å². The van der Waals surface area contributed by atoms with Crippen molar-refractivity contribution >= 4 is 52.8 Å². The van der Waals surface area contributed by atoms with Gasteiger partial charge in [0.25, 0.3) is 17.7 Å². The molecule has 0 aliphatic carbocycles. The zero-order chi connectivity index (χ0) is 72.3. The van der Waals surface area contributed by atoms with Gasteiger partial charge in [0.1, 0.15) is 0 Å². The maximum absolute atomic E-state index is 14.7. The predicted octanol–water partition coefficient (Wildman–Crippen LogP) is 6.50. The molecule has 3 atom stereocenters. The van der Waals surface area contributed by atoms with Crippen molar-refractivity contribution < 1.29 is 76.1 Å². The summed E-state index contributed by atoms with van der Waals surface area (Å²) in [7, 11) is 0. The van der Waals surface area contributed by atoms with Crippen molar-refractivity contribution in [3.05, 3.63) is 58.7 Å². The summed E-state index contributed by atoms with van der Waals surface area (Å²) in [5.41, 5.74) is 3.73. The van der Waals surface area contributed by atoms with Crippen LogP contribution in [0.5, 0.6) is 0 Å². The highest BCUT2D eigenvalue weighted by atomic mass is 32.2. The molecule has 5 N–H and O–H groups in total. The lowest BCUT2D eigenvalue weighted by Gasteiger charge is -2.34. The number of amides is 6. The van der Waals surface area contributed by atoms with Crippen LogP contribution in [0.25, 0.3) is 0 Å². The molecule has 2 aromatic rings. The maximum Gasteiger partial charge on any atom is 0.315 e. The Morgan fingerprint density at radius 3 is 1.35 bits per heavy atom. The SMILES string of the molecule is O=C(CCCC[C@@H]1SC[C@@H]2NC(=O)N[C@@H]21)NCCOCCOCCOCCOCCOCCOCCOCCOCCOCCOCCOCCNC(=O)c1ccc(CCN2CCCC2)cc1Nc1cc(C(=O)N2CCC(CCN3CCCC3)CC2)ccc1C(=O)N1CCC(CCN2CCCC2)CC1. The topological polar surface area (TPSA) is 263 Å². The lowest BCUT2D eigenvalue weighted by atomic mass is 9.92. The monoisotopic (exact) mass is 1480 g/mol. The number of unbranched alkanes of at least 4 members (excludes halogenated alkanes) is 1. The molecule has 26 nitrogen and oxygen atoms in total. The van der Waals surface area contributed by atoms with E-state index in [4.69, 9.17) is 52.1 Å². The molecule has 586 valence electrons. The van der Waals surface area contributed by atoms with Crippen LogP contribution < -0.4 is 26.6 Å². The molecule has 27 heteroatoms. The third-order valence-corrected chi connectivity index (χ3v) is 22.3. The number of hydrogen-bond acceptors (Lipinski definition) is 21. The summed E-state index contributed by atoms with van der Waals surface area (Å²) in [5.74, 6) is 1.88. The van der Waals surface area contributed by atoms with E-state index in [2.05, 4.69) is 41.3 Å². The molecule has 9 rings (SSSR count). The van der Waals surface area contributed by atoms with Crippen LogP contribution in [0, 0.1) is 11.8 Å². The number of carbonyl (C=O) groups is 5. The Labute approximate surface area is 623 Å². The summed E-state index contributed by atoms with van der Waals surface area (Å²) in [6, 6.07) is 11.9. The molecule has 104 heavy (non-hydrogen) atoms. The number of nitrogens with one attached hydrogen (secondary N) is 5. The van der Waals surface area contributed by atoms with E-state index in [1.165, 1.54) is 77.5 Å². The molecule has 2 aromatic carbocycles.